The van der Waals surface area contributed by atoms with E-state index in [1.165, 1.54) is 18.0 Å². The first-order valence-corrected chi connectivity index (χ1v) is 15.0. The number of nitrogens with one attached hydrogen (secondary N) is 1. The summed E-state index contributed by atoms with van der Waals surface area (Å²) in [4.78, 5) is 17.5. The maximum absolute atomic E-state index is 6.83. The van der Waals surface area contributed by atoms with Crippen molar-refractivity contribution < 1.29 is 9.47 Å². The second kappa shape index (κ2) is 12.3. The molecule has 228 valence electrons. The predicted octanol–water partition coefficient (Wildman–Crippen LogP) is 6.30. The number of fused-ring (bicyclic) bond motifs is 1. The van der Waals surface area contributed by atoms with Crippen LogP contribution in [0, 0.1) is 0 Å². The maximum atomic E-state index is 6.83. The van der Waals surface area contributed by atoms with Crippen LogP contribution >= 0.6 is 11.6 Å². The zero-order valence-electron chi connectivity index (χ0n) is 25.2. The quantitative estimate of drug-likeness (QED) is 0.184. The number of rotatable bonds is 9. The molecule has 1 saturated carbocycles. The Morgan fingerprint density at radius 3 is 2.68 bits per heavy atom. The van der Waals surface area contributed by atoms with E-state index in [9.17, 15) is 0 Å². The molecule has 1 fully saturated rings. The number of halogens is 1. The summed E-state index contributed by atoms with van der Waals surface area (Å²) in [5.74, 6) is 1.85. The molecule has 4 aromatic heterocycles. The molecule has 0 spiro atoms. The number of anilines is 2. The average Bonchev–Trinajstić information content (AvgIpc) is 3.74. The highest BCUT2D eigenvalue weighted by molar-refractivity contribution is 6.36. The molecule has 0 unspecified atom stereocenters. The number of pyridine rings is 1. The number of aromatic nitrogens is 7. The Morgan fingerprint density at radius 2 is 1.95 bits per heavy atom. The standard InChI is InChI=1S/C32H36ClN9O2/c1-32(2,3)26-15-27(40-42(26)22-11-8-12-23(22)43-19-20-9-6-5-7-10-20)38-31-39-30-29(41(31)4)28(33)25(18-37-30)44-24(16-34)21-17-35-13-14-36-21/h5-7,9-10,13-18,22-23H,8,11-12,19,34H2,1-4H3,(H,37,38,39,40)/t22-,23+/m0/s1. The number of aryl methyl sites for hydroxylation is 1. The number of nitrogens with two attached hydrogens (primary N) is 1. The lowest BCUT2D eigenvalue weighted by Crippen LogP contribution is -2.28. The molecular weight excluding hydrogens is 578 g/mol. The van der Waals surface area contributed by atoms with Crippen molar-refractivity contribution >= 4 is 40.3 Å². The van der Waals surface area contributed by atoms with Crippen molar-refractivity contribution in [3.05, 3.63) is 89.4 Å². The van der Waals surface area contributed by atoms with Gasteiger partial charge in [-0.2, -0.15) is 10.1 Å². The van der Waals surface area contributed by atoms with Crippen molar-refractivity contribution in [1.82, 2.24) is 34.3 Å². The third-order valence-electron chi connectivity index (χ3n) is 7.77. The predicted molar refractivity (Wildman–Crippen MR) is 170 cm³/mol. The molecular formula is C32H36ClN9O2. The van der Waals surface area contributed by atoms with Gasteiger partial charge in [-0.05, 0) is 24.8 Å². The van der Waals surface area contributed by atoms with Crippen molar-refractivity contribution in [2.75, 3.05) is 5.32 Å². The summed E-state index contributed by atoms with van der Waals surface area (Å²) in [6.45, 7) is 7.18. The molecule has 1 aliphatic rings. The van der Waals surface area contributed by atoms with E-state index in [-0.39, 0.29) is 17.6 Å². The highest BCUT2D eigenvalue weighted by Gasteiger charge is 2.34. The first-order valence-electron chi connectivity index (χ1n) is 14.6. The monoisotopic (exact) mass is 613 g/mol. The summed E-state index contributed by atoms with van der Waals surface area (Å²) in [7, 11) is 1.86. The molecule has 1 aromatic carbocycles. The van der Waals surface area contributed by atoms with Crippen LogP contribution in [0.5, 0.6) is 5.75 Å². The molecule has 4 heterocycles. The zero-order valence-corrected chi connectivity index (χ0v) is 26.0. The molecule has 6 rings (SSSR count). The van der Waals surface area contributed by atoms with E-state index in [4.69, 9.17) is 36.9 Å². The van der Waals surface area contributed by atoms with Gasteiger partial charge in [-0.15, -0.1) is 0 Å². The summed E-state index contributed by atoms with van der Waals surface area (Å²) in [5.41, 5.74) is 9.50. The van der Waals surface area contributed by atoms with E-state index in [0.717, 1.165) is 25.0 Å². The van der Waals surface area contributed by atoms with Gasteiger partial charge in [-0.1, -0.05) is 62.7 Å². The van der Waals surface area contributed by atoms with Crippen LogP contribution in [0.25, 0.3) is 16.9 Å². The summed E-state index contributed by atoms with van der Waals surface area (Å²) >= 11 is 6.83. The normalized spacial score (nSPS) is 17.3. The smallest absolute Gasteiger partial charge is 0.210 e. The van der Waals surface area contributed by atoms with Crippen molar-refractivity contribution in [3.8, 4) is 5.75 Å². The number of nitrogens with zero attached hydrogens (tertiary/aromatic N) is 7. The number of hydrogen-bond acceptors (Lipinski definition) is 9. The lowest BCUT2D eigenvalue weighted by Gasteiger charge is -2.27. The van der Waals surface area contributed by atoms with Gasteiger partial charge >= 0.3 is 0 Å². The fraction of sp³-hybridized carbons (Fsp3) is 0.344. The van der Waals surface area contributed by atoms with Crippen molar-refractivity contribution in [2.24, 2.45) is 12.8 Å². The Balaban J connectivity index is 1.27. The Morgan fingerprint density at radius 1 is 1.14 bits per heavy atom. The van der Waals surface area contributed by atoms with Crippen molar-refractivity contribution in [3.63, 3.8) is 0 Å². The van der Waals surface area contributed by atoms with Crippen LogP contribution in [0.2, 0.25) is 5.02 Å². The van der Waals surface area contributed by atoms with Crippen LogP contribution in [0.3, 0.4) is 0 Å². The van der Waals surface area contributed by atoms with Crippen LogP contribution in [0.1, 0.15) is 63.0 Å². The third-order valence-corrected chi connectivity index (χ3v) is 8.14. The van der Waals surface area contributed by atoms with Gasteiger partial charge in [0.1, 0.15) is 16.2 Å². The Kier molecular flexibility index (Phi) is 8.24. The first-order chi connectivity index (χ1) is 21.2. The minimum absolute atomic E-state index is 0.0792. The molecule has 0 saturated heterocycles. The summed E-state index contributed by atoms with van der Waals surface area (Å²) in [6, 6.07) is 12.5. The maximum Gasteiger partial charge on any atom is 0.210 e. The van der Waals surface area contributed by atoms with Crippen LogP contribution in [0.4, 0.5) is 11.8 Å². The first kappa shape index (κ1) is 29.6. The summed E-state index contributed by atoms with van der Waals surface area (Å²) < 4.78 is 16.4. The molecule has 0 radical (unpaired) electrons. The van der Waals surface area contributed by atoms with Gasteiger partial charge < -0.3 is 25.1 Å². The van der Waals surface area contributed by atoms with Gasteiger partial charge in [0.25, 0.3) is 0 Å². The molecule has 44 heavy (non-hydrogen) atoms. The van der Waals surface area contributed by atoms with Gasteiger partial charge in [0.05, 0.1) is 31.1 Å². The van der Waals surface area contributed by atoms with Crippen LogP contribution in [-0.2, 0) is 23.8 Å². The number of ether oxygens (including phenoxy) is 2. The van der Waals surface area contributed by atoms with Crippen molar-refractivity contribution in [1.29, 1.82) is 0 Å². The van der Waals surface area contributed by atoms with Crippen LogP contribution in [0.15, 0.2) is 67.4 Å². The lowest BCUT2D eigenvalue weighted by atomic mass is 9.91. The van der Waals surface area contributed by atoms with Gasteiger partial charge in [0.15, 0.2) is 23.0 Å². The second-order valence-corrected chi connectivity index (χ2v) is 12.3. The van der Waals surface area contributed by atoms with E-state index < -0.39 is 0 Å². The summed E-state index contributed by atoms with van der Waals surface area (Å²) in [5, 5.41) is 8.80. The van der Waals surface area contributed by atoms with Gasteiger partial charge in [-0.25, -0.2) is 9.97 Å². The lowest BCUT2D eigenvalue weighted by molar-refractivity contribution is 0.0154. The topological polar surface area (TPSA) is 131 Å². The second-order valence-electron chi connectivity index (χ2n) is 11.9. The molecule has 0 bridgehead atoms. The highest BCUT2D eigenvalue weighted by Crippen LogP contribution is 2.39. The molecule has 0 amide bonds. The van der Waals surface area contributed by atoms with Crippen LogP contribution in [-0.4, -0.2) is 40.4 Å². The SMILES string of the molecule is Cn1c(Nc2cc(C(C)(C)C)n([C@H]3CCC[C@H]3OCc3ccccc3)n2)nc2ncc(OC(=CN)c3cnccn3)c(Cl)c21. The van der Waals surface area contributed by atoms with E-state index in [2.05, 4.69) is 63.9 Å². The number of imidazole rings is 1. The number of hydrogen-bond donors (Lipinski definition) is 2. The highest BCUT2D eigenvalue weighted by atomic mass is 35.5. The van der Waals surface area contributed by atoms with Crippen LogP contribution < -0.4 is 15.8 Å². The Hall–Kier alpha value is -4.48. The largest absolute Gasteiger partial charge is 0.450 e. The van der Waals surface area contributed by atoms with Gasteiger partial charge in [0.2, 0.25) is 5.95 Å². The Bertz CT molecular complexity index is 1780. The minimum Gasteiger partial charge on any atom is -0.450 e. The fourth-order valence-electron chi connectivity index (χ4n) is 5.55. The molecule has 0 aliphatic heterocycles. The minimum atomic E-state index is -0.139. The number of benzene rings is 1. The fourth-order valence-corrected chi connectivity index (χ4v) is 5.85. The molecule has 2 atom stereocenters. The van der Waals surface area contributed by atoms with Gasteiger partial charge in [-0.3, -0.25) is 9.67 Å². The molecule has 11 nitrogen and oxygen atoms in total. The van der Waals surface area contributed by atoms with E-state index in [0.29, 0.717) is 51.8 Å². The molecule has 3 N–H and O–H groups in total. The molecule has 1 aliphatic carbocycles. The Labute approximate surface area is 261 Å². The average molecular weight is 614 g/mol. The zero-order chi connectivity index (χ0) is 30.8. The summed E-state index contributed by atoms with van der Waals surface area (Å²) in [6.07, 6.45) is 10.7. The third kappa shape index (κ3) is 5.97. The van der Waals surface area contributed by atoms with E-state index in [1.54, 1.807) is 18.6 Å². The molecule has 5 aromatic rings. The van der Waals surface area contributed by atoms with Gasteiger partial charge in [0, 0.05) is 42.8 Å². The molecule has 12 heteroatoms. The van der Waals surface area contributed by atoms with E-state index >= 15 is 0 Å². The van der Waals surface area contributed by atoms with E-state index in [1.807, 2.05) is 29.8 Å². The van der Waals surface area contributed by atoms with Crippen molar-refractivity contribution in [2.45, 2.75) is 64.2 Å².